The van der Waals surface area contributed by atoms with E-state index in [-0.39, 0.29) is 0 Å². The summed E-state index contributed by atoms with van der Waals surface area (Å²) in [5, 5.41) is 0. The van der Waals surface area contributed by atoms with Gasteiger partial charge in [-0.3, -0.25) is 0 Å². The fourth-order valence-electron chi connectivity index (χ4n) is 3.23. The molecule has 4 atom stereocenters. The number of hydrogen-bond acceptors (Lipinski definition) is 0. The zero-order valence-corrected chi connectivity index (χ0v) is 6.74. The summed E-state index contributed by atoms with van der Waals surface area (Å²) in [4.78, 5) is 0. The van der Waals surface area contributed by atoms with Crippen molar-refractivity contribution in [1.82, 2.24) is 0 Å². The normalized spacial score (nSPS) is 51.6. The fourth-order valence-corrected chi connectivity index (χ4v) is 3.23. The third-order valence-electron chi connectivity index (χ3n) is 3.73. The van der Waals surface area contributed by atoms with Crippen LogP contribution in [0.4, 0.5) is 0 Å². The molecule has 3 aliphatic rings. The molecule has 58 valence electrons. The molecule has 0 aliphatic heterocycles. The summed E-state index contributed by atoms with van der Waals surface area (Å²) in [6.45, 7) is 0. The van der Waals surface area contributed by atoms with Crippen LogP contribution >= 0.6 is 0 Å². The maximum absolute atomic E-state index is 2.46. The molecule has 0 heterocycles. The molecule has 0 nitrogen and oxygen atoms in total. The predicted octanol–water partition coefficient (Wildman–Crippen LogP) is 2.77. The van der Waals surface area contributed by atoms with Gasteiger partial charge in [-0.2, -0.15) is 0 Å². The Kier molecular flexibility index (Phi) is 1.10. The van der Waals surface area contributed by atoms with Crippen molar-refractivity contribution >= 4 is 0 Å². The molecule has 0 N–H and O–H groups in total. The number of allylic oxidation sites excluding steroid dienone is 4. The van der Waals surface area contributed by atoms with Gasteiger partial charge in [-0.1, -0.05) is 24.3 Å². The van der Waals surface area contributed by atoms with Crippen molar-refractivity contribution in [2.75, 3.05) is 0 Å². The Balaban J connectivity index is 1.94. The Hall–Kier alpha value is -0.520. The van der Waals surface area contributed by atoms with Gasteiger partial charge in [0.15, 0.2) is 0 Å². The van der Waals surface area contributed by atoms with Gasteiger partial charge in [0.25, 0.3) is 0 Å². The molecule has 0 bridgehead atoms. The molecule has 1 fully saturated rings. The van der Waals surface area contributed by atoms with E-state index in [2.05, 4.69) is 24.3 Å². The third-order valence-corrected chi connectivity index (χ3v) is 3.73. The number of fused-ring (bicyclic) bond motifs is 3. The van der Waals surface area contributed by atoms with Crippen LogP contribution in [0.15, 0.2) is 24.3 Å². The molecule has 1 saturated carbocycles. The molecule has 11 heavy (non-hydrogen) atoms. The average Bonchev–Trinajstić information content (AvgIpc) is 2.52. The highest BCUT2D eigenvalue weighted by molar-refractivity contribution is 5.17. The van der Waals surface area contributed by atoms with Crippen LogP contribution in [0, 0.1) is 23.7 Å². The molecular formula is C11H14. The van der Waals surface area contributed by atoms with Crippen molar-refractivity contribution < 1.29 is 0 Å². The lowest BCUT2D eigenvalue weighted by atomic mass is 9.92. The second kappa shape index (κ2) is 2.00. The van der Waals surface area contributed by atoms with Gasteiger partial charge < -0.3 is 0 Å². The first-order valence-electron chi connectivity index (χ1n) is 4.78. The van der Waals surface area contributed by atoms with Gasteiger partial charge >= 0.3 is 0 Å². The molecule has 3 rings (SSSR count). The predicted molar refractivity (Wildman–Crippen MR) is 46.1 cm³/mol. The molecular weight excluding hydrogens is 132 g/mol. The molecule has 0 saturated heterocycles. The molecule has 0 aromatic rings. The van der Waals surface area contributed by atoms with Crippen LogP contribution in [0.2, 0.25) is 0 Å². The minimum absolute atomic E-state index is 0.929. The van der Waals surface area contributed by atoms with Crippen molar-refractivity contribution in [3.05, 3.63) is 24.3 Å². The molecule has 0 amide bonds. The average molecular weight is 146 g/mol. The van der Waals surface area contributed by atoms with E-state index in [0.29, 0.717) is 0 Å². The van der Waals surface area contributed by atoms with Crippen LogP contribution in [-0.2, 0) is 0 Å². The van der Waals surface area contributed by atoms with E-state index < -0.39 is 0 Å². The summed E-state index contributed by atoms with van der Waals surface area (Å²) in [6, 6.07) is 0. The van der Waals surface area contributed by atoms with Crippen molar-refractivity contribution in [2.45, 2.75) is 19.3 Å². The lowest BCUT2D eigenvalue weighted by Crippen LogP contribution is -2.07. The first-order valence-corrected chi connectivity index (χ1v) is 4.78. The standard InChI is InChI=1S/C11H14/c1-3-8-7-9-4-2-6-11(9)10(8)5-1/h1-2,5-6,8-11H,3-4,7H2. The van der Waals surface area contributed by atoms with Gasteiger partial charge in [-0.15, -0.1) is 0 Å². The highest BCUT2D eigenvalue weighted by atomic mass is 14.5. The maximum Gasteiger partial charge on any atom is -0.0136 e. The highest BCUT2D eigenvalue weighted by Crippen LogP contribution is 2.51. The van der Waals surface area contributed by atoms with E-state index in [0.717, 1.165) is 23.7 Å². The van der Waals surface area contributed by atoms with Crippen LogP contribution < -0.4 is 0 Å². The van der Waals surface area contributed by atoms with Crippen LogP contribution in [0.1, 0.15) is 19.3 Å². The SMILES string of the molecule is C1=CC2C(C1)CC1CC=CC12. The van der Waals surface area contributed by atoms with Crippen molar-refractivity contribution in [3.63, 3.8) is 0 Å². The van der Waals surface area contributed by atoms with E-state index in [1.165, 1.54) is 19.3 Å². The smallest absolute Gasteiger partial charge is 0.0136 e. The Labute approximate surface area is 68.0 Å². The molecule has 4 unspecified atom stereocenters. The molecule has 0 aromatic carbocycles. The highest BCUT2D eigenvalue weighted by Gasteiger charge is 2.42. The Morgan fingerprint density at radius 1 is 0.818 bits per heavy atom. The zero-order chi connectivity index (χ0) is 7.26. The second-order valence-electron chi connectivity index (χ2n) is 4.24. The summed E-state index contributed by atoms with van der Waals surface area (Å²) in [5.74, 6) is 3.90. The Bertz CT molecular complexity index is 200. The first kappa shape index (κ1) is 6.05. The molecule has 0 spiro atoms. The summed E-state index contributed by atoms with van der Waals surface area (Å²) in [6.07, 6.45) is 13.9. The number of hydrogen-bond donors (Lipinski definition) is 0. The van der Waals surface area contributed by atoms with Crippen molar-refractivity contribution in [1.29, 1.82) is 0 Å². The van der Waals surface area contributed by atoms with Gasteiger partial charge in [0.2, 0.25) is 0 Å². The van der Waals surface area contributed by atoms with E-state index >= 15 is 0 Å². The van der Waals surface area contributed by atoms with Crippen LogP contribution in [0.3, 0.4) is 0 Å². The van der Waals surface area contributed by atoms with E-state index in [4.69, 9.17) is 0 Å². The van der Waals surface area contributed by atoms with E-state index in [9.17, 15) is 0 Å². The summed E-state index contributed by atoms with van der Waals surface area (Å²) in [5.41, 5.74) is 0. The quantitative estimate of drug-likeness (QED) is 0.461. The van der Waals surface area contributed by atoms with E-state index in [1.807, 2.05) is 0 Å². The lowest BCUT2D eigenvalue weighted by molar-refractivity contribution is 0.442. The zero-order valence-electron chi connectivity index (χ0n) is 6.74. The van der Waals surface area contributed by atoms with Gasteiger partial charge in [0.1, 0.15) is 0 Å². The van der Waals surface area contributed by atoms with Gasteiger partial charge in [-0.05, 0) is 42.9 Å². The lowest BCUT2D eigenvalue weighted by Gasteiger charge is -2.12. The summed E-state index contributed by atoms with van der Waals surface area (Å²) in [7, 11) is 0. The topological polar surface area (TPSA) is 0 Å². The van der Waals surface area contributed by atoms with E-state index in [1.54, 1.807) is 0 Å². The molecule has 0 heteroatoms. The second-order valence-corrected chi connectivity index (χ2v) is 4.24. The third kappa shape index (κ3) is 0.702. The van der Waals surface area contributed by atoms with Gasteiger partial charge in [0, 0.05) is 0 Å². The minimum atomic E-state index is 0.929. The Morgan fingerprint density at radius 2 is 1.36 bits per heavy atom. The summed E-state index contributed by atoms with van der Waals surface area (Å²) < 4.78 is 0. The molecule has 3 aliphatic carbocycles. The summed E-state index contributed by atoms with van der Waals surface area (Å²) >= 11 is 0. The van der Waals surface area contributed by atoms with Crippen LogP contribution in [0.5, 0.6) is 0 Å². The van der Waals surface area contributed by atoms with Crippen molar-refractivity contribution in [2.24, 2.45) is 23.7 Å². The minimum Gasteiger partial charge on any atom is -0.0879 e. The van der Waals surface area contributed by atoms with Crippen LogP contribution in [-0.4, -0.2) is 0 Å². The first-order chi connectivity index (χ1) is 5.45. The molecule has 0 radical (unpaired) electrons. The fraction of sp³-hybridized carbons (Fsp3) is 0.636. The number of rotatable bonds is 0. The maximum atomic E-state index is 2.46. The van der Waals surface area contributed by atoms with Gasteiger partial charge in [0.05, 0.1) is 0 Å². The van der Waals surface area contributed by atoms with Crippen LogP contribution in [0.25, 0.3) is 0 Å². The van der Waals surface area contributed by atoms with Gasteiger partial charge in [-0.25, -0.2) is 0 Å². The van der Waals surface area contributed by atoms with Crippen molar-refractivity contribution in [3.8, 4) is 0 Å². The molecule has 0 aromatic heterocycles. The monoisotopic (exact) mass is 146 g/mol. The Morgan fingerprint density at radius 3 is 1.91 bits per heavy atom. The largest absolute Gasteiger partial charge is 0.0879 e.